The van der Waals surface area contributed by atoms with Crippen LogP contribution in [0.4, 0.5) is 0 Å². The lowest BCUT2D eigenvalue weighted by atomic mass is 9.95. The Labute approximate surface area is 162 Å². The standard InChI is InChI=1S/C22H23NO5/c1-14(22(25)23-15-8-3-2-4-9-15)27-21-19(24)16-10-5-6-11-17(16)28-20(21)18-12-7-13-26-18/h5-7,10-15H,2-4,8-9H2,1H3,(H,23,25). The Morgan fingerprint density at radius 2 is 1.93 bits per heavy atom. The number of nitrogens with one attached hydrogen (secondary N) is 1. The first-order valence-electron chi connectivity index (χ1n) is 9.70. The zero-order valence-electron chi connectivity index (χ0n) is 15.8. The van der Waals surface area contributed by atoms with Crippen LogP contribution in [0, 0.1) is 0 Å². The van der Waals surface area contributed by atoms with E-state index in [4.69, 9.17) is 13.6 Å². The average Bonchev–Trinajstić information content (AvgIpc) is 3.25. The number of fused-ring (bicyclic) bond motifs is 1. The van der Waals surface area contributed by atoms with Gasteiger partial charge in [-0.25, -0.2) is 0 Å². The van der Waals surface area contributed by atoms with Gasteiger partial charge < -0.3 is 18.9 Å². The summed E-state index contributed by atoms with van der Waals surface area (Å²) in [5.74, 6) is 0.313. The molecule has 4 rings (SSSR count). The van der Waals surface area contributed by atoms with Crippen molar-refractivity contribution in [3.63, 3.8) is 0 Å². The third kappa shape index (κ3) is 3.67. The summed E-state index contributed by atoms with van der Waals surface area (Å²) < 4.78 is 17.1. The molecule has 1 atom stereocenters. The second-order valence-electron chi connectivity index (χ2n) is 7.17. The predicted octanol–water partition coefficient (Wildman–Crippen LogP) is 4.27. The molecule has 0 radical (unpaired) electrons. The number of benzene rings is 1. The largest absolute Gasteiger partial charge is 0.473 e. The van der Waals surface area contributed by atoms with E-state index in [9.17, 15) is 9.59 Å². The molecule has 1 N–H and O–H groups in total. The Morgan fingerprint density at radius 1 is 1.14 bits per heavy atom. The Hall–Kier alpha value is -3.02. The van der Waals surface area contributed by atoms with Crippen molar-refractivity contribution in [1.82, 2.24) is 5.32 Å². The molecule has 28 heavy (non-hydrogen) atoms. The van der Waals surface area contributed by atoms with E-state index in [0.717, 1.165) is 25.7 Å². The van der Waals surface area contributed by atoms with Gasteiger partial charge in [0.15, 0.2) is 11.9 Å². The van der Waals surface area contributed by atoms with Gasteiger partial charge in [0, 0.05) is 6.04 Å². The van der Waals surface area contributed by atoms with Crippen LogP contribution in [0.2, 0.25) is 0 Å². The lowest BCUT2D eigenvalue weighted by Gasteiger charge is -2.24. The number of hydrogen-bond donors (Lipinski definition) is 1. The smallest absolute Gasteiger partial charge is 0.261 e. The van der Waals surface area contributed by atoms with Gasteiger partial charge in [0.2, 0.25) is 16.9 Å². The summed E-state index contributed by atoms with van der Waals surface area (Å²) in [6, 6.07) is 10.5. The Morgan fingerprint density at radius 3 is 2.68 bits per heavy atom. The SMILES string of the molecule is CC(Oc1c(-c2ccco2)oc2ccccc2c1=O)C(=O)NC1CCCCC1. The quantitative estimate of drug-likeness (QED) is 0.714. The number of carbonyl (C=O) groups excluding carboxylic acids is 1. The monoisotopic (exact) mass is 381 g/mol. The summed E-state index contributed by atoms with van der Waals surface area (Å²) in [7, 11) is 0. The molecule has 6 nitrogen and oxygen atoms in total. The molecule has 0 aliphatic heterocycles. The topological polar surface area (TPSA) is 81.7 Å². The molecule has 1 aromatic carbocycles. The second kappa shape index (κ2) is 7.92. The summed E-state index contributed by atoms with van der Waals surface area (Å²) in [6.07, 6.45) is 6.08. The highest BCUT2D eigenvalue weighted by molar-refractivity contribution is 5.83. The molecule has 1 fully saturated rings. The second-order valence-corrected chi connectivity index (χ2v) is 7.17. The number of ether oxygens (including phenoxy) is 1. The minimum Gasteiger partial charge on any atom is -0.473 e. The lowest BCUT2D eigenvalue weighted by molar-refractivity contribution is -0.128. The van der Waals surface area contributed by atoms with Crippen LogP contribution < -0.4 is 15.5 Å². The van der Waals surface area contributed by atoms with Gasteiger partial charge >= 0.3 is 0 Å². The molecule has 0 bridgehead atoms. The molecule has 3 aromatic rings. The molecule has 0 spiro atoms. The summed E-state index contributed by atoms with van der Waals surface area (Å²) in [5.41, 5.74) is 0.108. The van der Waals surface area contributed by atoms with E-state index in [-0.39, 0.29) is 28.9 Å². The molecule has 146 valence electrons. The van der Waals surface area contributed by atoms with Crippen molar-refractivity contribution >= 4 is 16.9 Å². The van der Waals surface area contributed by atoms with Gasteiger partial charge in [0.05, 0.1) is 11.6 Å². The van der Waals surface area contributed by atoms with E-state index in [1.54, 1.807) is 43.3 Å². The molecular weight excluding hydrogens is 358 g/mol. The fraction of sp³-hybridized carbons (Fsp3) is 0.364. The predicted molar refractivity (Wildman–Crippen MR) is 105 cm³/mol. The third-order valence-electron chi connectivity index (χ3n) is 5.12. The van der Waals surface area contributed by atoms with Gasteiger partial charge in [-0.05, 0) is 44.0 Å². The minimum absolute atomic E-state index is 0.0139. The van der Waals surface area contributed by atoms with Crippen LogP contribution in [0.3, 0.4) is 0 Å². The van der Waals surface area contributed by atoms with Gasteiger partial charge in [-0.3, -0.25) is 9.59 Å². The minimum atomic E-state index is -0.834. The number of furan rings is 1. The first kappa shape index (κ1) is 18.3. The van der Waals surface area contributed by atoms with Crippen molar-refractivity contribution in [3.8, 4) is 17.3 Å². The van der Waals surface area contributed by atoms with Crippen LogP contribution >= 0.6 is 0 Å². The molecule has 1 aliphatic rings. The van der Waals surface area contributed by atoms with Crippen molar-refractivity contribution in [3.05, 3.63) is 52.9 Å². The molecule has 1 amide bonds. The average molecular weight is 381 g/mol. The van der Waals surface area contributed by atoms with Crippen molar-refractivity contribution in [2.75, 3.05) is 0 Å². The molecule has 2 heterocycles. The fourth-order valence-electron chi connectivity index (χ4n) is 3.60. The highest BCUT2D eigenvalue weighted by Crippen LogP contribution is 2.31. The van der Waals surface area contributed by atoms with Gasteiger partial charge in [0.1, 0.15) is 5.58 Å². The molecule has 6 heteroatoms. The third-order valence-corrected chi connectivity index (χ3v) is 5.12. The number of hydrogen-bond acceptors (Lipinski definition) is 5. The van der Waals surface area contributed by atoms with Gasteiger partial charge in [0.25, 0.3) is 5.91 Å². The number of para-hydroxylation sites is 1. The highest BCUT2D eigenvalue weighted by Gasteiger charge is 2.25. The number of amides is 1. The van der Waals surface area contributed by atoms with Gasteiger partial charge in [-0.15, -0.1) is 0 Å². The van der Waals surface area contributed by atoms with Crippen LogP contribution in [0.1, 0.15) is 39.0 Å². The molecule has 1 saturated carbocycles. The first-order valence-corrected chi connectivity index (χ1v) is 9.70. The van der Waals surface area contributed by atoms with E-state index in [1.165, 1.54) is 12.7 Å². The van der Waals surface area contributed by atoms with E-state index in [2.05, 4.69) is 5.32 Å². The van der Waals surface area contributed by atoms with Crippen LogP contribution in [-0.2, 0) is 4.79 Å². The van der Waals surface area contributed by atoms with E-state index < -0.39 is 6.10 Å². The molecule has 1 unspecified atom stereocenters. The van der Waals surface area contributed by atoms with E-state index in [0.29, 0.717) is 16.7 Å². The summed E-state index contributed by atoms with van der Waals surface area (Å²) in [5, 5.41) is 3.43. The summed E-state index contributed by atoms with van der Waals surface area (Å²) in [4.78, 5) is 25.6. The first-order chi connectivity index (χ1) is 13.6. The van der Waals surface area contributed by atoms with Crippen LogP contribution in [0.5, 0.6) is 5.75 Å². The zero-order valence-corrected chi connectivity index (χ0v) is 15.8. The van der Waals surface area contributed by atoms with Crippen LogP contribution in [0.25, 0.3) is 22.5 Å². The van der Waals surface area contributed by atoms with Crippen molar-refractivity contribution in [2.45, 2.75) is 51.2 Å². The summed E-state index contributed by atoms with van der Waals surface area (Å²) >= 11 is 0. The van der Waals surface area contributed by atoms with E-state index in [1.807, 2.05) is 0 Å². The fourth-order valence-corrected chi connectivity index (χ4v) is 3.60. The Kier molecular flexibility index (Phi) is 5.19. The molecular formula is C22H23NO5. The zero-order chi connectivity index (χ0) is 19.5. The highest BCUT2D eigenvalue weighted by atomic mass is 16.5. The van der Waals surface area contributed by atoms with Gasteiger partial charge in [-0.1, -0.05) is 31.4 Å². The van der Waals surface area contributed by atoms with Crippen LogP contribution in [0.15, 0.2) is 56.3 Å². The van der Waals surface area contributed by atoms with Crippen molar-refractivity contribution in [2.24, 2.45) is 0 Å². The number of rotatable bonds is 5. The maximum absolute atomic E-state index is 13.0. The summed E-state index contributed by atoms with van der Waals surface area (Å²) in [6.45, 7) is 1.64. The normalized spacial score (nSPS) is 16.0. The van der Waals surface area contributed by atoms with Crippen LogP contribution in [-0.4, -0.2) is 18.1 Å². The number of carbonyl (C=O) groups is 1. The van der Waals surface area contributed by atoms with Gasteiger partial charge in [-0.2, -0.15) is 0 Å². The van der Waals surface area contributed by atoms with Crippen molar-refractivity contribution in [1.29, 1.82) is 0 Å². The Balaban J connectivity index is 1.65. The molecule has 2 aromatic heterocycles. The van der Waals surface area contributed by atoms with Crippen molar-refractivity contribution < 1.29 is 18.4 Å². The lowest BCUT2D eigenvalue weighted by Crippen LogP contribution is -2.43. The Bertz CT molecular complexity index is 1020. The maximum Gasteiger partial charge on any atom is 0.261 e. The maximum atomic E-state index is 13.0. The van der Waals surface area contributed by atoms with E-state index >= 15 is 0 Å². The molecule has 1 aliphatic carbocycles. The molecule has 0 saturated heterocycles.